The van der Waals surface area contributed by atoms with Crippen molar-refractivity contribution < 1.29 is 9.59 Å². The van der Waals surface area contributed by atoms with E-state index in [0.29, 0.717) is 9.23 Å². The fourth-order valence-corrected chi connectivity index (χ4v) is 16.9. The predicted molar refractivity (Wildman–Crippen MR) is 136 cm³/mol. The average Bonchev–Trinajstić information content (AvgIpc) is 2.74. The molecule has 0 heterocycles. The maximum atomic E-state index is 12.9. The van der Waals surface area contributed by atoms with Crippen LogP contribution in [-0.2, 0) is 0 Å². The molecule has 0 atom stereocenters. The number of carbonyl (C=O) groups is 2. The molecule has 2 rings (SSSR count). The number of benzene rings is 2. The molecule has 0 aliphatic heterocycles. The van der Waals surface area contributed by atoms with Crippen molar-refractivity contribution in [2.45, 2.75) is 73.1 Å². The molecule has 0 amide bonds. The fourth-order valence-electron chi connectivity index (χ4n) is 4.07. The maximum absolute atomic E-state index is 12.9. The molecule has 30 heavy (non-hydrogen) atoms. The standard InChI is InChI=1S/C16H26GeO.C10H14GeO/c1-4-12-17(13-5-2,14-6-3)16(18)15-10-8-7-9-11-15;1-11(2,3)10(12)9-7-5-4-6-8-9/h7-11H,4-6,12-14H2,1-3H3;4-8H,1-3H3. The van der Waals surface area contributed by atoms with Gasteiger partial charge in [-0.25, -0.2) is 0 Å². The molecule has 2 aromatic rings. The zero-order valence-corrected chi connectivity index (χ0v) is 24.0. The number of rotatable bonds is 10. The van der Waals surface area contributed by atoms with Crippen LogP contribution in [0, 0.1) is 0 Å². The van der Waals surface area contributed by atoms with E-state index in [4.69, 9.17) is 0 Å². The summed E-state index contributed by atoms with van der Waals surface area (Å²) in [5.74, 6) is 6.36. The Hall–Kier alpha value is -1.13. The number of carbonyl (C=O) groups excluding carboxylic acids is 2. The number of hydrogen-bond acceptors (Lipinski definition) is 2. The molecule has 0 aromatic heterocycles. The summed E-state index contributed by atoms with van der Waals surface area (Å²) in [5, 5.41) is 3.61. The minimum absolute atomic E-state index is 0.385. The molecule has 0 unspecified atom stereocenters. The van der Waals surface area contributed by atoms with Crippen molar-refractivity contribution in [2.24, 2.45) is 0 Å². The van der Waals surface area contributed by atoms with Crippen molar-refractivity contribution in [1.29, 1.82) is 0 Å². The van der Waals surface area contributed by atoms with E-state index in [1.54, 1.807) is 0 Å². The van der Waals surface area contributed by atoms with Crippen molar-refractivity contribution in [2.75, 3.05) is 0 Å². The first-order chi connectivity index (χ1) is 14.2. The molecule has 0 saturated heterocycles. The SMILES string of the molecule is CC[CH2][Ge]([CH2]CC)([CH2]CC)[C](=O)c1ccccc1.[CH3][Ge]([CH3])([CH3])[C](=O)c1ccccc1. The van der Waals surface area contributed by atoms with Gasteiger partial charge in [0.25, 0.3) is 0 Å². The summed E-state index contributed by atoms with van der Waals surface area (Å²) in [6.07, 6.45) is 3.50. The second-order valence-electron chi connectivity index (χ2n) is 9.17. The molecular formula is C26H40Ge2O2. The second kappa shape index (κ2) is 13.3. The Morgan fingerprint density at radius 2 is 0.933 bits per heavy atom. The summed E-state index contributed by atoms with van der Waals surface area (Å²) in [6.45, 7) is 6.68. The van der Waals surface area contributed by atoms with Crippen molar-refractivity contribution in [3.05, 3.63) is 71.8 Å². The van der Waals surface area contributed by atoms with Crippen molar-refractivity contribution in [3.63, 3.8) is 0 Å². The first-order valence-corrected chi connectivity index (χ1v) is 24.3. The van der Waals surface area contributed by atoms with Gasteiger partial charge in [-0.15, -0.1) is 0 Å². The Kier molecular flexibility index (Phi) is 11.9. The topological polar surface area (TPSA) is 34.1 Å². The van der Waals surface area contributed by atoms with E-state index in [2.05, 4.69) is 38.0 Å². The second-order valence-corrected chi connectivity index (χ2v) is 29.0. The summed E-state index contributed by atoms with van der Waals surface area (Å²) < 4.78 is 0.928. The molecular weight excluding hydrogens is 490 g/mol. The first kappa shape index (κ1) is 26.9. The van der Waals surface area contributed by atoms with Gasteiger partial charge in [-0.2, -0.15) is 0 Å². The third-order valence-corrected chi connectivity index (χ3v) is 20.7. The average molecular weight is 530 g/mol. The van der Waals surface area contributed by atoms with Crippen LogP contribution in [0.1, 0.15) is 60.7 Å². The number of hydrogen-bond donors (Lipinski definition) is 0. The Labute approximate surface area is 189 Å². The van der Waals surface area contributed by atoms with Crippen LogP contribution in [0.15, 0.2) is 60.7 Å². The molecule has 2 nitrogen and oxygen atoms in total. The van der Waals surface area contributed by atoms with Gasteiger partial charge in [0.05, 0.1) is 0 Å². The van der Waals surface area contributed by atoms with Gasteiger partial charge >= 0.3 is 190 Å². The van der Waals surface area contributed by atoms with Crippen LogP contribution in [0.25, 0.3) is 0 Å². The zero-order valence-electron chi connectivity index (χ0n) is 19.8. The van der Waals surface area contributed by atoms with E-state index in [1.165, 1.54) is 35.0 Å². The molecule has 0 aliphatic carbocycles. The van der Waals surface area contributed by atoms with E-state index >= 15 is 0 Å². The quantitative estimate of drug-likeness (QED) is 0.294. The van der Waals surface area contributed by atoms with Crippen LogP contribution in [-0.4, -0.2) is 35.8 Å². The zero-order chi connectivity index (χ0) is 22.6. The van der Waals surface area contributed by atoms with Crippen LogP contribution in [0.4, 0.5) is 0 Å². The fraction of sp³-hybridized carbons (Fsp3) is 0.462. The minimum atomic E-state index is -2.36. The van der Waals surface area contributed by atoms with E-state index in [9.17, 15) is 9.59 Å². The van der Waals surface area contributed by atoms with Gasteiger partial charge in [0, 0.05) is 0 Å². The van der Waals surface area contributed by atoms with Gasteiger partial charge in [-0.05, 0) is 0 Å². The summed E-state index contributed by atoms with van der Waals surface area (Å²) >= 11 is -4.47. The Morgan fingerprint density at radius 1 is 0.600 bits per heavy atom. The molecule has 0 saturated carbocycles. The van der Waals surface area contributed by atoms with Crippen molar-refractivity contribution >= 4 is 35.8 Å². The normalized spacial score (nSPS) is 11.4. The molecule has 4 heteroatoms. The van der Waals surface area contributed by atoms with Gasteiger partial charge < -0.3 is 0 Å². The van der Waals surface area contributed by atoms with Gasteiger partial charge in [0.1, 0.15) is 0 Å². The third kappa shape index (κ3) is 8.18. The monoisotopic (exact) mass is 532 g/mol. The van der Waals surface area contributed by atoms with E-state index in [0.717, 1.165) is 11.1 Å². The van der Waals surface area contributed by atoms with Crippen LogP contribution < -0.4 is 0 Å². The van der Waals surface area contributed by atoms with E-state index in [-0.39, 0.29) is 0 Å². The summed E-state index contributed by atoms with van der Waals surface area (Å²) in [4.78, 5) is 24.7. The molecule has 0 bridgehead atoms. The Bertz CT molecular complexity index is 748. The van der Waals surface area contributed by atoms with E-state index < -0.39 is 26.5 Å². The van der Waals surface area contributed by atoms with Gasteiger partial charge in [0.15, 0.2) is 0 Å². The van der Waals surface area contributed by atoms with Crippen LogP contribution >= 0.6 is 0 Å². The summed E-state index contributed by atoms with van der Waals surface area (Å²) in [5.41, 5.74) is 1.85. The van der Waals surface area contributed by atoms with Crippen molar-refractivity contribution in [1.82, 2.24) is 0 Å². The first-order valence-electron chi connectivity index (χ1n) is 11.4. The molecule has 0 spiro atoms. The predicted octanol–water partition coefficient (Wildman–Crippen LogP) is 7.83. The van der Waals surface area contributed by atoms with Crippen LogP contribution in [0.5, 0.6) is 0 Å². The Balaban J connectivity index is 0.000000325. The van der Waals surface area contributed by atoms with Crippen LogP contribution in [0.3, 0.4) is 0 Å². The molecule has 2 aromatic carbocycles. The van der Waals surface area contributed by atoms with Gasteiger partial charge in [0.2, 0.25) is 0 Å². The summed E-state index contributed by atoms with van der Waals surface area (Å²) in [6, 6.07) is 19.6. The molecule has 0 fully saturated rings. The molecule has 0 radical (unpaired) electrons. The van der Waals surface area contributed by atoms with Gasteiger partial charge in [-0.1, -0.05) is 0 Å². The molecule has 0 aliphatic rings. The molecule has 0 N–H and O–H groups in total. The summed E-state index contributed by atoms with van der Waals surface area (Å²) in [7, 11) is 0. The Morgan fingerprint density at radius 3 is 1.23 bits per heavy atom. The van der Waals surface area contributed by atoms with E-state index in [1.807, 2.05) is 60.7 Å². The van der Waals surface area contributed by atoms with Crippen LogP contribution in [0.2, 0.25) is 33.0 Å². The van der Waals surface area contributed by atoms with Crippen molar-refractivity contribution in [3.8, 4) is 0 Å². The molecule has 164 valence electrons. The third-order valence-electron chi connectivity index (χ3n) is 5.42. The van der Waals surface area contributed by atoms with Gasteiger partial charge in [-0.3, -0.25) is 0 Å².